The van der Waals surface area contributed by atoms with Crippen LogP contribution >= 0.6 is 0 Å². The van der Waals surface area contributed by atoms with Gasteiger partial charge >= 0.3 is 0 Å². The summed E-state index contributed by atoms with van der Waals surface area (Å²) < 4.78 is 0. The third-order valence-corrected chi connectivity index (χ3v) is 5.15. The minimum Gasteiger partial charge on any atom is -0.357 e. The lowest BCUT2D eigenvalue weighted by Gasteiger charge is -2.16. The van der Waals surface area contributed by atoms with E-state index in [4.69, 9.17) is 0 Å². The quantitative estimate of drug-likeness (QED) is 0.886. The van der Waals surface area contributed by atoms with E-state index in [1.165, 1.54) is 12.8 Å². The van der Waals surface area contributed by atoms with Crippen LogP contribution in [0.25, 0.3) is 0 Å². The van der Waals surface area contributed by atoms with Crippen LogP contribution in [0.4, 0.5) is 17.2 Å². The largest absolute Gasteiger partial charge is 0.357 e. The van der Waals surface area contributed by atoms with Gasteiger partial charge < -0.3 is 15.1 Å². The standard InChI is InChI=1S/C21H24N4O2/c26-20(23-17-7-10-19(22-15-17)24-11-1-2-12-24)14-16-5-8-18(9-6-16)25-13-3-4-21(25)27/h5-10,15H,1-4,11-14H2,(H,23,26). The number of carbonyl (C=O) groups is 2. The zero-order valence-electron chi connectivity index (χ0n) is 15.4. The van der Waals surface area contributed by atoms with Gasteiger partial charge in [0.25, 0.3) is 0 Å². The lowest BCUT2D eigenvalue weighted by molar-refractivity contribution is -0.117. The number of anilines is 3. The van der Waals surface area contributed by atoms with E-state index in [9.17, 15) is 9.59 Å². The molecule has 6 heteroatoms. The predicted molar refractivity (Wildman–Crippen MR) is 106 cm³/mol. The van der Waals surface area contributed by atoms with Crippen LogP contribution in [0.2, 0.25) is 0 Å². The molecule has 6 nitrogen and oxygen atoms in total. The summed E-state index contributed by atoms with van der Waals surface area (Å²) in [5.74, 6) is 1.07. The van der Waals surface area contributed by atoms with E-state index in [1.807, 2.05) is 36.4 Å². The second-order valence-corrected chi connectivity index (χ2v) is 7.14. The van der Waals surface area contributed by atoms with Gasteiger partial charge in [-0.1, -0.05) is 12.1 Å². The molecule has 2 aromatic rings. The summed E-state index contributed by atoms with van der Waals surface area (Å²) in [5.41, 5.74) is 2.54. The van der Waals surface area contributed by atoms with Gasteiger partial charge in [0.05, 0.1) is 18.3 Å². The van der Waals surface area contributed by atoms with Crippen molar-refractivity contribution < 1.29 is 9.59 Å². The molecule has 0 spiro atoms. The van der Waals surface area contributed by atoms with Crippen LogP contribution in [-0.4, -0.2) is 36.4 Å². The van der Waals surface area contributed by atoms with Crippen molar-refractivity contribution >= 4 is 29.0 Å². The Morgan fingerprint density at radius 2 is 1.78 bits per heavy atom. The Hall–Kier alpha value is -2.89. The van der Waals surface area contributed by atoms with Gasteiger partial charge in [-0.2, -0.15) is 0 Å². The van der Waals surface area contributed by atoms with Gasteiger partial charge in [-0.3, -0.25) is 9.59 Å². The summed E-state index contributed by atoms with van der Waals surface area (Å²) in [6, 6.07) is 11.5. The van der Waals surface area contributed by atoms with Crippen molar-refractivity contribution in [2.75, 3.05) is 34.8 Å². The topological polar surface area (TPSA) is 65.5 Å². The van der Waals surface area contributed by atoms with Crippen molar-refractivity contribution in [2.24, 2.45) is 0 Å². The van der Waals surface area contributed by atoms with Gasteiger partial charge in [0, 0.05) is 31.7 Å². The van der Waals surface area contributed by atoms with Crippen molar-refractivity contribution in [3.63, 3.8) is 0 Å². The summed E-state index contributed by atoms with van der Waals surface area (Å²) in [4.78, 5) is 32.6. The van der Waals surface area contributed by atoms with Gasteiger partial charge in [-0.05, 0) is 49.1 Å². The van der Waals surface area contributed by atoms with E-state index < -0.39 is 0 Å². The third-order valence-electron chi connectivity index (χ3n) is 5.15. The molecule has 0 bridgehead atoms. The predicted octanol–water partition coefficient (Wildman–Crippen LogP) is 2.99. The van der Waals surface area contributed by atoms with Crippen molar-refractivity contribution in [3.8, 4) is 0 Å². The molecule has 0 radical (unpaired) electrons. The number of rotatable bonds is 5. The maximum atomic E-state index is 12.3. The Labute approximate surface area is 159 Å². The second-order valence-electron chi connectivity index (χ2n) is 7.14. The fourth-order valence-electron chi connectivity index (χ4n) is 3.70. The molecule has 0 atom stereocenters. The first-order chi connectivity index (χ1) is 13.2. The van der Waals surface area contributed by atoms with Gasteiger partial charge in [-0.15, -0.1) is 0 Å². The van der Waals surface area contributed by atoms with Gasteiger partial charge in [0.1, 0.15) is 5.82 Å². The fraction of sp³-hybridized carbons (Fsp3) is 0.381. The zero-order valence-corrected chi connectivity index (χ0v) is 15.4. The van der Waals surface area contributed by atoms with E-state index in [0.717, 1.165) is 43.1 Å². The number of pyridine rings is 1. The highest BCUT2D eigenvalue weighted by Gasteiger charge is 2.21. The average Bonchev–Trinajstić information content (AvgIpc) is 3.35. The van der Waals surface area contributed by atoms with E-state index in [1.54, 1.807) is 11.1 Å². The number of nitrogens with one attached hydrogen (secondary N) is 1. The Balaban J connectivity index is 1.33. The SMILES string of the molecule is O=C(Cc1ccc(N2CCCC2=O)cc1)Nc1ccc(N2CCCC2)nc1. The maximum absolute atomic E-state index is 12.3. The number of carbonyl (C=O) groups excluding carboxylic acids is 2. The molecule has 2 saturated heterocycles. The monoisotopic (exact) mass is 364 g/mol. The van der Waals surface area contributed by atoms with Crippen molar-refractivity contribution in [2.45, 2.75) is 32.1 Å². The third kappa shape index (κ3) is 4.10. The Morgan fingerprint density at radius 1 is 1.00 bits per heavy atom. The summed E-state index contributed by atoms with van der Waals surface area (Å²) in [6.07, 6.45) is 5.97. The van der Waals surface area contributed by atoms with Gasteiger partial charge in [0.15, 0.2) is 0 Å². The zero-order chi connectivity index (χ0) is 18.6. The molecule has 27 heavy (non-hydrogen) atoms. The molecule has 0 saturated carbocycles. The molecule has 2 aliphatic heterocycles. The number of amides is 2. The first-order valence-corrected chi connectivity index (χ1v) is 9.59. The van der Waals surface area contributed by atoms with Crippen LogP contribution in [0.3, 0.4) is 0 Å². The van der Waals surface area contributed by atoms with Crippen LogP contribution < -0.4 is 15.1 Å². The number of hydrogen-bond acceptors (Lipinski definition) is 4. The maximum Gasteiger partial charge on any atom is 0.228 e. The molecular weight excluding hydrogens is 340 g/mol. The molecule has 0 unspecified atom stereocenters. The summed E-state index contributed by atoms with van der Waals surface area (Å²) in [5, 5.41) is 2.90. The molecule has 1 aromatic carbocycles. The average molecular weight is 364 g/mol. The van der Waals surface area contributed by atoms with Crippen LogP contribution in [0.1, 0.15) is 31.2 Å². The molecular formula is C21H24N4O2. The first-order valence-electron chi connectivity index (χ1n) is 9.59. The van der Waals surface area contributed by atoms with E-state index >= 15 is 0 Å². The van der Waals surface area contributed by atoms with Crippen LogP contribution in [0.5, 0.6) is 0 Å². The molecule has 0 aliphatic carbocycles. The van der Waals surface area contributed by atoms with E-state index in [-0.39, 0.29) is 11.8 Å². The van der Waals surface area contributed by atoms with Crippen molar-refractivity contribution in [3.05, 3.63) is 48.2 Å². The Kier molecular flexibility index (Phi) is 5.05. The number of aromatic nitrogens is 1. The van der Waals surface area contributed by atoms with Crippen molar-refractivity contribution in [1.29, 1.82) is 0 Å². The number of nitrogens with zero attached hydrogens (tertiary/aromatic N) is 3. The van der Waals surface area contributed by atoms with Crippen molar-refractivity contribution in [1.82, 2.24) is 4.98 Å². The summed E-state index contributed by atoms with van der Waals surface area (Å²) >= 11 is 0. The van der Waals surface area contributed by atoms with Gasteiger partial charge in [-0.25, -0.2) is 4.98 Å². The second kappa shape index (κ2) is 7.78. The molecule has 2 fully saturated rings. The highest BCUT2D eigenvalue weighted by molar-refractivity contribution is 5.95. The highest BCUT2D eigenvalue weighted by atomic mass is 16.2. The highest BCUT2D eigenvalue weighted by Crippen LogP contribution is 2.22. The first kappa shape index (κ1) is 17.5. The van der Waals surface area contributed by atoms with E-state index in [0.29, 0.717) is 18.5 Å². The lowest BCUT2D eigenvalue weighted by Crippen LogP contribution is -2.23. The Morgan fingerprint density at radius 3 is 2.41 bits per heavy atom. The molecule has 2 amide bonds. The molecule has 1 aromatic heterocycles. The van der Waals surface area contributed by atoms with Gasteiger partial charge in [0.2, 0.25) is 11.8 Å². The summed E-state index contributed by atoms with van der Waals surface area (Å²) in [7, 11) is 0. The summed E-state index contributed by atoms with van der Waals surface area (Å²) in [6.45, 7) is 2.88. The molecule has 3 heterocycles. The van der Waals surface area contributed by atoms with Crippen LogP contribution in [0.15, 0.2) is 42.6 Å². The molecule has 2 aliphatic rings. The molecule has 140 valence electrons. The molecule has 4 rings (SSSR count). The minimum atomic E-state index is -0.0734. The number of hydrogen-bond donors (Lipinski definition) is 1. The fourth-order valence-corrected chi connectivity index (χ4v) is 3.70. The Bertz CT molecular complexity index is 811. The molecule has 1 N–H and O–H groups in total. The normalized spacial score (nSPS) is 16.8. The minimum absolute atomic E-state index is 0.0734. The lowest BCUT2D eigenvalue weighted by atomic mass is 10.1. The van der Waals surface area contributed by atoms with Crippen LogP contribution in [-0.2, 0) is 16.0 Å². The smallest absolute Gasteiger partial charge is 0.228 e. The number of benzene rings is 1. The van der Waals surface area contributed by atoms with E-state index in [2.05, 4.69) is 15.2 Å². The van der Waals surface area contributed by atoms with Crippen LogP contribution in [0, 0.1) is 0 Å².